The van der Waals surface area contributed by atoms with Gasteiger partial charge in [0.25, 0.3) is 5.91 Å². The molecule has 2 aromatic carbocycles. The van der Waals surface area contributed by atoms with Crippen LogP contribution >= 0.6 is 11.6 Å². The van der Waals surface area contributed by atoms with Gasteiger partial charge in [0, 0.05) is 23.0 Å². The van der Waals surface area contributed by atoms with Crippen LogP contribution in [0.25, 0.3) is 11.3 Å². The van der Waals surface area contributed by atoms with Crippen LogP contribution in [0.4, 0.5) is 0 Å². The van der Waals surface area contributed by atoms with E-state index < -0.39 is 5.60 Å². The third-order valence-electron chi connectivity index (χ3n) is 5.17. The first-order valence-corrected chi connectivity index (χ1v) is 9.24. The van der Waals surface area contributed by atoms with E-state index in [1.165, 1.54) is 0 Å². The highest BCUT2D eigenvalue weighted by molar-refractivity contribution is 6.30. The Kier molecular flexibility index (Phi) is 4.50. The number of carbonyl (C=O) groups is 1. The summed E-state index contributed by atoms with van der Waals surface area (Å²) in [5.74, 6) is -0.145. The molecule has 3 aromatic rings. The van der Waals surface area contributed by atoms with Crippen molar-refractivity contribution in [3.05, 3.63) is 76.9 Å². The largest absolute Gasteiger partial charge is 0.383 e. The van der Waals surface area contributed by atoms with Gasteiger partial charge < -0.3 is 10.0 Å². The van der Waals surface area contributed by atoms with Gasteiger partial charge in [-0.2, -0.15) is 5.10 Å². The number of aromatic nitrogens is 2. The third kappa shape index (κ3) is 3.24. The molecule has 2 unspecified atom stereocenters. The summed E-state index contributed by atoms with van der Waals surface area (Å²) in [5, 5.41) is 18.7. The van der Waals surface area contributed by atoms with Crippen LogP contribution in [0.5, 0.6) is 0 Å². The lowest BCUT2D eigenvalue weighted by Crippen LogP contribution is -2.36. The van der Waals surface area contributed by atoms with E-state index in [1.54, 1.807) is 23.2 Å². The molecule has 138 valence electrons. The highest BCUT2D eigenvalue weighted by Crippen LogP contribution is 2.37. The summed E-state index contributed by atoms with van der Waals surface area (Å²) in [4.78, 5) is 14.9. The lowest BCUT2D eigenvalue weighted by molar-refractivity contribution is 0.0417. The Morgan fingerprint density at radius 1 is 1.22 bits per heavy atom. The minimum Gasteiger partial charge on any atom is -0.383 e. The Hall–Kier alpha value is -2.63. The number of nitrogens with zero attached hydrogens (tertiary/aromatic N) is 2. The first-order chi connectivity index (χ1) is 13.0. The normalized spacial score (nSPS) is 22.2. The lowest BCUT2D eigenvalue weighted by Gasteiger charge is -2.24. The first kappa shape index (κ1) is 17.8. The van der Waals surface area contributed by atoms with Gasteiger partial charge in [-0.3, -0.25) is 9.89 Å². The molecule has 1 aromatic heterocycles. The molecule has 5 nitrogen and oxygen atoms in total. The summed E-state index contributed by atoms with van der Waals surface area (Å²) < 4.78 is 0. The Morgan fingerprint density at radius 3 is 2.63 bits per heavy atom. The van der Waals surface area contributed by atoms with Crippen molar-refractivity contribution < 1.29 is 9.90 Å². The van der Waals surface area contributed by atoms with Gasteiger partial charge in [-0.15, -0.1) is 0 Å². The quantitative estimate of drug-likeness (QED) is 0.724. The average Bonchev–Trinajstić information content (AvgIpc) is 3.28. The highest BCUT2D eigenvalue weighted by Gasteiger charge is 2.44. The Morgan fingerprint density at radius 2 is 1.93 bits per heavy atom. The fourth-order valence-electron chi connectivity index (χ4n) is 3.77. The molecule has 1 fully saturated rings. The molecule has 0 saturated carbocycles. The number of H-pyrrole nitrogens is 1. The van der Waals surface area contributed by atoms with Crippen LogP contribution in [0.15, 0.2) is 60.8 Å². The summed E-state index contributed by atoms with van der Waals surface area (Å²) >= 11 is 5.96. The number of benzene rings is 2. The van der Waals surface area contributed by atoms with Gasteiger partial charge in [0.1, 0.15) is 5.60 Å². The second-order valence-corrected chi connectivity index (χ2v) is 7.49. The topological polar surface area (TPSA) is 69.2 Å². The number of β-amino-alcohol motifs (C(OH)–C–C–N with tert-alkyl or cyclic N) is 1. The van der Waals surface area contributed by atoms with E-state index in [9.17, 15) is 9.90 Å². The highest BCUT2D eigenvalue weighted by atomic mass is 35.5. The molecule has 1 aliphatic rings. The van der Waals surface area contributed by atoms with E-state index >= 15 is 0 Å². The van der Waals surface area contributed by atoms with Gasteiger partial charge in [0.2, 0.25) is 0 Å². The average molecular weight is 382 g/mol. The van der Waals surface area contributed by atoms with E-state index in [0.29, 0.717) is 22.7 Å². The molecule has 6 heteroatoms. The number of carbonyl (C=O) groups excluding carboxylic acids is 1. The number of halogens is 1. The molecule has 1 amide bonds. The zero-order valence-corrected chi connectivity index (χ0v) is 15.6. The zero-order chi connectivity index (χ0) is 19.0. The predicted molar refractivity (Wildman–Crippen MR) is 104 cm³/mol. The zero-order valence-electron chi connectivity index (χ0n) is 14.9. The molecule has 27 heavy (non-hydrogen) atoms. The molecule has 1 saturated heterocycles. The van der Waals surface area contributed by atoms with Crippen LogP contribution in [0.2, 0.25) is 5.02 Å². The van der Waals surface area contributed by atoms with Gasteiger partial charge >= 0.3 is 0 Å². The van der Waals surface area contributed by atoms with E-state index in [-0.39, 0.29) is 18.5 Å². The van der Waals surface area contributed by atoms with Gasteiger partial charge in [0.05, 0.1) is 24.0 Å². The minimum absolute atomic E-state index is 0.0873. The van der Waals surface area contributed by atoms with E-state index in [2.05, 4.69) is 10.2 Å². The molecular weight excluding hydrogens is 362 g/mol. The van der Waals surface area contributed by atoms with Gasteiger partial charge in [0.15, 0.2) is 0 Å². The molecule has 2 heterocycles. The predicted octanol–water partition coefficient (Wildman–Crippen LogP) is 3.85. The lowest BCUT2D eigenvalue weighted by atomic mass is 9.92. The number of likely N-dealkylation sites (tertiary alicyclic amines) is 1. The van der Waals surface area contributed by atoms with E-state index in [1.807, 2.05) is 49.4 Å². The maximum atomic E-state index is 13.2. The third-order valence-corrected chi connectivity index (χ3v) is 5.42. The van der Waals surface area contributed by atoms with Crippen LogP contribution in [-0.2, 0) is 5.60 Å². The van der Waals surface area contributed by atoms with Crippen molar-refractivity contribution in [3.63, 3.8) is 0 Å². The van der Waals surface area contributed by atoms with Gasteiger partial charge in [-0.1, -0.05) is 54.1 Å². The van der Waals surface area contributed by atoms with Crippen molar-refractivity contribution >= 4 is 17.5 Å². The van der Waals surface area contributed by atoms with E-state index in [4.69, 9.17) is 11.6 Å². The molecular formula is C21H20ClN3O2. The Balaban J connectivity index is 1.63. The molecule has 0 spiro atoms. The van der Waals surface area contributed by atoms with Crippen molar-refractivity contribution in [3.8, 4) is 11.3 Å². The number of amides is 1. The smallest absolute Gasteiger partial charge is 0.258 e. The number of nitrogens with one attached hydrogen (secondary N) is 1. The van der Waals surface area contributed by atoms with Gasteiger partial charge in [-0.25, -0.2) is 0 Å². The van der Waals surface area contributed by atoms with Crippen LogP contribution < -0.4 is 0 Å². The van der Waals surface area contributed by atoms with Crippen LogP contribution in [0.3, 0.4) is 0 Å². The number of hydrogen-bond donors (Lipinski definition) is 2. The fourth-order valence-corrected chi connectivity index (χ4v) is 3.90. The summed E-state index contributed by atoms with van der Waals surface area (Å²) in [5.41, 5.74) is 1.77. The van der Waals surface area contributed by atoms with Crippen LogP contribution in [-0.4, -0.2) is 38.7 Å². The molecule has 1 aliphatic heterocycles. The monoisotopic (exact) mass is 381 g/mol. The van der Waals surface area contributed by atoms with Crippen molar-refractivity contribution in [1.29, 1.82) is 0 Å². The summed E-state index contributed by atoms with van der Waals surface area (Å²) in [6.45, 7) is 2.21. The summed E-state index contributed by atoms with van der Waals surface area (Å²) in [6, 6.07) is 16.7. The molecule has 4 rings (SSSR count). The van der Waals surface area contributed by atoms with Gasteiger partial charge in [-0.05, 0) is 24.6 Å². The molecule has 2 atom stereocenters. The maximum absolute atomic E-state index is 13.2. The molecule has 0 aliphatic carbocycles. The number of aliphatic hydroxyl groups is 1. The van der Waals surface area contributed by atoms with Crippen LogP contribution in [0, 0.1) is 0 Å². The number of rotatable bonds is 3. The van der Waals surface area contributed by atoms with Crippen molar-refractivity contribution in [2.45, 2.75) is 25.0 Å². The Labute approximate surface area is 162 Å². The second kappa shape index (κ2) is 6.83. The number of aromatic amines is 1. The van der Waals surface area contributed by atoms with Crippen LogP contribution in [0.1, 0.15) is 29.3 Å². The maximum Gasteiger partial charge on any atom is 0.258 e. The minimum atomic E-state index is -1.04. The number of hydrogen-bond acceptors (Lipinski definition) is 3. The fraction of sp³-hybridized carbons (Fsp3) is 0.238. The summed E-state index contributed by atoms with van der Waals surface area (Å²) in [6.07, 6.45) is 2.04. The molecule has 0 radical (unpaired) electrons. The standard InChI is InChI=1S/C21H20ClN3O2/c1-14-11-21(27,16-5-3-2-4-6-16)13-25(14)20(26)18-12-23-24-19(18)15-7-9-17(22)10-8-15/h2-10,12,14,27H,11,13H2,1H3,(H,23,24). The first-order valence-electron chi connectivity index (χ1n) is 8.86. The van der Waals surface area contributed by atoms with Crippen molar-refractivity contribution in [1.82, 2.24) is 15.1 Å². The van der Waals surface area contributed by atoms with E-state index in [0.717, 1.165) is 11.1 Å². The molecule has 0 bridgehead atoms. The molecule has 2 N–H and O–H groups in total. The summed E-state index contributed by atoms with van der Waals surface area (Å²) in [7, 11) is 0. The van der Waals surface area contributed by atoms with Crippen molar-refractivity contribution in [2.24, 2.45) is 0 Å². The second-order valence-electron chi connectivity index (χ2n) is 7.05. The SMILES string of the molecule is CC1CC(O)(c2ccccc2)CN1C(=O)c1cn[nH]c1-c1ccc(Cl)cc1. The van der Waals surface area contributed by atoms with Crippen molar-refractivity contribution in [2.75, 3.05) is 6.54 Å². The Bertz CT molecular complexity index is 955.